The highest BCUT2D eigenvalue weighted by atomic mass is 32.2. The summed E-state index contributed by atoms with van der Waals surface area (Å²) < 4.78 is 33.8. The Morgan fingerprint density at radius 1 is 0.929 bits per heavy atom. The number of amides is 2. The fourth-order valence-corrected chi connectivity index (χ4v) is 7.16. The molecule has 42 heavy (non-hydrogen) atoms. The molecule has 1 atom stereocenters. The normalized spacial score (nSPS) is 13.5. The molecule has 0 aliphatic heterocycles. The number of sulfonamides is 1. The summed E-state index contributed by atoms with van der Waals surface area (Å²) in [6.45, 7) is 6.19. The first-order valence-corrected chi connectivity index (χ1v) is 15.7. The van der Waals surface area contributed by atoms with E-state index in [2.05, 4.69) is 29.6 Å². The number of benzene rings is 3. The monoisotopic (exact) mass is 593 g/mol. The van der Waals surface area contributed by atoms with Gasteiger partial charge in [0.05, 0.1) is 4.90 Å². The van der Waals surface area contributed by atoms with Gasteiger partial charge in [0.15, 0.2) is 0 Å². The van der Waals surface area contributed by atoms with Crippen molar-refractivity contribution in [3.8, 4) is 11.1 Å². The van der Waals surface area contributed by atoms with Crippen molar-refractivity contribution in [1.29, 1.82) is 0 Å². The van der Waals surface area contributed by atoms with Crippen LogP contribution in [0.3, 0.4) is 0 Å². The number of ether oxygens (including phenoxy) is 1. The van der Waals surface area contributed by atoms with E-state index in [1.54, 1.807) is 17.6 Å². The summed E-state index contributed by atoms with van der Waals surface area (Å²) >= 11 is 0. The molecule has 2 amide bonds. The van der Waals surface area contributed by atoms with Crippen LogP contribution in [0, 0.1) is 12.8 Å². The molecule has 0 unspecified atom stereocenters. The van der Waals surface area contributed by atoms with E-state index in [0.717, 1.165) is 32.1 Å². The van der Waals surface area contributed by atoms with E-state index in [1.807, 2.05) is 45.0 Å². The molecule has 0 saturated carbocycles. The Kier molecular flexibility index (Phi) is 10.4. The Morgan fingerprint density at radius 3 is 2.10 bits per heavy atom. The lowest BCUT2D eigenvalue weighted by Gasteiger charge is -2.31. The quantitative estimate of drug-likeness (QED) is 0.142. The summed E-state index contributed by atoms with van der Waals surface area (Å²) in [7, 11) is -4.01. The molecule has 0 spiro atoms. The molecule has 0 saturated heterocycles. The standard InChI is InChI=1S/C32H39N3O6S/c1-22(2)20-35(42(39,40)24-17-15-23(3)16-18-24)30(31(36)34-38)14-8-9-19-33-32(37)41-21-29-27-12-6-4-10-25(27)26-11-5-7-13-28(26)29/h4-7,10-13,15-18,22,29-30,38H,8-9,14,19-21H2,1-3H3,(H,33,37)(H,34,36)/t30-/m0/s1. The number of unbranched alkanes of at least 4 members (excludes halogenated alkanes) is 1. The predicted molar refractivity (Wildman–Crippen MR) is 161 cm³/mol. The smallest absolute Gasteiger partial charge is 0.407 e. The molecule has 9 nitrogen and oxygen atoms in total. The summed E-state index contributed by atoms with van der Waals surface area (Å²) in [5, 5.41) is 12.2. The highest BCUT2D eigenvalue weighted by molar-refractivity contribution is 7.89. The fraction of sp³-hybridized carbons (Fsp3) is 0.375. The summed E-state index contributed by atoms with van der Waals surface area (Å²) in [5.74, 6) is -0.895. The highest BCUT2D eigenvalue weighted by Crippen LogP contribution is 2.44. The molecule has 0 bridgehead atoms. The molecule has 0 heterocycles. The summed E-state index contributed by atoms with van der Waals surface area (Å²) in [6.07, 6.45) is 0.542. The van der Waals surface area contributed by atoms with Crippen molar-refractivity contribution in [2.45, 2.75) is 56.9 Å². The number of carbonyl (C=O) groups is 2. The van der Waals surface area contributed by atoms with Crippen LogP contribution in [0.1, 0.15) is 55.7 Å². The first-order chi connectivity index (χ1) is 20.1. The summed E-state index contributed by atoms with van der Waals surface area (Å²) in [5.41, 5.74) is 7.11. The minimum absolute atomic E-state index is 0.0386. The number of hydroxylamine groups is 1. The number of nitrogens with zero attached hydrogens (tertiary/aromatic N) is 1. The van der Waals surface area contributed by atoms with E-state index >= 15 is 0 Å². The van der Waals surface area contributed by atoms with Crippen LogP contribution in [-0.2, 0) is 19.6 Å². The molecule has 3 aromatic carbocycles. The van der Waals surface area contributed by atoms with Gasteiger partial charge in [0.1, 0.15) is 12.6 Å². The van der Waals surface area contributed by atoms with Crippen molar-refractivity contribution in [2.75, 3.05) is 19.7 Å². The van der Waals surface area contributed by atoms with Crippen LogP contribution in [0.15, 0.2) is 77.7 Å². The average Bonchev–Trinajstić information content (AvgIpc) is 3.30. The van der Waals surface area contributed by atoms with Gasteiger partial charge in [0.25, 0.3) is 5.91 Å². The van der Waals surface area contributed by atoms with Crippen molar-refractivity contribution < 1.29 is 28.0 Å². The third-order valence-corrected chi connectivity index (χ3v) is 9.34. The van der Waals surface area contributed by atoms with Gasteiger partial charge in [-0.25, -0.2) is 18.7 Å². The molecule has 1 aliphatic carbocycles. The Balaban J connectivity index is 1.32. The zero-order valence-electron chi connectivity index (χ0n) is 24.2. The minimum Gasteiger partial charge on any atom is -0.449 e. The van der Waals surface area contributed by atoms with Crippen molar-refractivity contribution in [2.24, 2.45) is 5.92 Å². The van der Waals surface area contributed by atoms with Crippen LogP contribution < -0.4 is 10.8 Å². The Bertz CT molecular complexity index is 1440. The van der Waals surface area contributed by atoms with E-state index in [0.29, 0.717) is 19.4 Å². The Morgan fingerprint density at radius 2 is 1.52 bits per heavy atom. The second-order valence-electron chi connectivity index (χ2n) is 11.0. The van der Waals surface area contributed by atoms with Crippen molar-refractivity contribution in [3.05, 3.63) is 89.5 Å². The first-order valence-electron chi connectivity index (χ1n) is 14.2. The SMILES string of the molecule is Cc1ccc(S(=O)(=O)N(CC(C)C)[C@@H](CCCCNC(=O)OCC2c3ccccc3-c3ccccc32)C(=O)NO)cc1. The maximum atomic E-state index is 13.5. The number of hydrogen-bond acceptors (Lipinski definition) is 6. The van der Waals surface area contributed by atoms with Crippen molar-refractivity contribution in [1.82, 2.24) is 15.1 Å². The van der Waals surface area contributed by atoms with Crippen LogP contribution in [-0.4, -0.2) is 55.7 Å². The first kappa shape index (κ1) is 31.2. The number of nitrogens with one attached hydrogen (secondary N) is 2. The number of rotatable bonds is 13. The molecule has 0 aromatic heterocycles. The van der Waals surface area contributed by atoms with E-state index in [-0.39, 0.29) is 36.3 Å². The Hall–Kier alpha value is -3.73. The zero-order valence-corrected chi connectivity index (χ0v) is 25.1. The maximum absolute atomic E-state index is 13.5. The van der Waals surface area contributed by atoms with Gasteiger partial charge >= 0.3 is 6.09 Å². The van der Waals surface area contributed by atoms with Gasteiger partial charge in [-0.05, 0) is 66.5 Å². The van der Waals surface area contributed by atoms with Gasteiger partial charge in [0, 0.05) is 19.0 Å². The number of aryl methyl sites for hydroxylation is 1. The molecule has 0 fully saturated rings. The number of fused-ring (bicyclic) bond motifs is 3. The molecule has 224 valence electrons. The topological polar surface area (TPSA) is 125 Å². The molecule has 3 aromatic rings. The lowest BCUT2D eigenvalue weighted by molar-refractivity contribution is -0.133. The third-order valence-electron chi connectivity index (χ3n) is 7.45. The van der Waals surface area contributed by atoms with Gasteiger partial charge in [-0.2, -0.15) is 4.31 Å². The maximum Gasteiger partial charge on any atom is 0.407 e. The van der Waals surface area contributed by atoms with E-state index in [1.165, 1.54) is 12.1 Å². The summed E-state index contributed by atoms with van der Waals surface area (Å²) in [4.78, 5) is 25.3. The van der Waals surface area contributed by atoms with Crippen LogP contribution in [0.5, 0.6) is 0 Å². The second kappa shape index (κ2) is 14.0. The van der Waals surface area contributed by atoms with Crippen LogP contribution >= 0.6 is 0 Å². The van der Waals surface area contributed by atoms with E-state index in [9.17, 15) is 23.2 Å². The molecule has 0 radical (unpaired) electrons. The van der Waals surface area contributed by atoms with Crippen LogP contribution in [0.2, 0.25) is 0 Å². The number of alkyl carbamates (subject to hydrolysis) is 1. The Labute approximate surface area is 247 Å². The van der Waals surface area contributed by atoms with Gasteiger partial charge in [-0.15, -0.1) is 0 Å². The third kappa shape index (κ3) is 7.18. The van der Waals surface area contributed by atoms with Gasteiger partial charge in [-0.3, -0.25) is 10.0 Å². The van der Waals surface area contributed by atoms with Crippen LogP contribution in [0.4, 0.5) is 4.79 Å². The van der Waals surface area contributed by atoms with Crippen LogP contribution in [0.25, 0.3) is 11.1 Å². The molecule has 1 aliphatic rings. The highest BCUT2D eigenvalue weighted by Gasteiger charge is 2.36. The molecule has 10 heteroatoms. The van der Waals surface area contributed by atoms with E-state index in [4.69, 9.17) is 4.74 Å². The molecule has 3 N–H and O–H groups in total. The lowest BCUT2D eigenvalue weighted by Crippen LogP contribution is -2.50. The van der Waals surface area contributed by atoms with Crippen molar-refractivity contribution >= 4 is 22.0 Å². The largest absolute Gasteiger partial charge is 0.449 e. The minimum atomic E-state index is -4.01. The lowest BCUT2D eigenvalue weighted by atomic mass is 9.98. The predicted octanol–water partition coefficient (Wildman–Crippen LogP) is 5.22. The van der Waals surface area contributed by atoms with E-state index < -0.39 is 28.1 Å². The molecule has 4 rings (SSSR count). The molecular formula is C32H39N3O6S. The fourth-order valence-electron chi connectivity index (χ4n) is 5.38. The van der Waals surface area contributed by atoms with Gasteiger partial charge in [0.2, 0.25) is 10.0 Å². The number of hydrogen-bond donors (Lipinski definition) is 3. The number of carbonyl (C=O) groups excluding carboxylic acids is 2. The second-order valence-corrected chi connectivity index (χ2v) is 12.9. The molecular weight excluding hydrogens is 554 g/mol. The average molecular weight is 594 g/mol. The summed E-state index contributed by atoms with van der Waals surface area (Å²) in [6, 6.07) is 21.6. The van der Waals surface area contributed by atoms with Gasteiger partial charge in [-0.1, -0.05) is 80.1 Å². The zero-order chi connectivity index (χ0) is 30.3. The van der Waals surface area contributed by atoms with Gasteiger partial charge < -0.3 is 10.1 Å². The van der Waals surface area contributed by atoms with Crippen molar-refractivity contribution in [3.63, 3.8) is 0 Å².